The Morgan fingerprint density at radius 3 is 3.12 bits per heavy atom. The minimum absolute atomic E-state index is 0.408. The lowest BCUT2D eigenvalue weighted by molar-refractivity contribution is 0.767. The van der Waals surface area contributed by atoms with Crippen LogP contribution in [0.1, 0.15) is 11.6 Å². The summed E-state index contributed by atoms with van der Waals surface area (Å²) >= 11 is 1.91. The van der Waals surface area contributed by atoms with Crippen molar-refractivity contribution in [2.24, 2.45) is 7.05 Å². The third-order valence-electron chi connectivity index (χ3n) is 2.75. The molecular weight excluding hydrogens is 218 g/mol. The van der Waals surface area contributed by atoms with Crippen LogP contribution in [0.15, 0.2) is 41.6 Å². The molecule has 1 atom stereocenters. The van der Waals surface area contributed by atoms with Crippen molar-refractivity contribution in [1.29, 1.82) is 0 Å². The van der Waals surface area contributed by atoms with Crippen molar-refractivity contribution < 1.29 is 0 Å². The molecule has 1 aliphatic heterocycles. The van der Waals surface area contributed by atoms with E-state index in [4.69, 9.17) is 0 Å². The molecule has 0 aliphatic carbocycles. The average Bonchev–Trinajstić information content (AvgIpc) is 2.87. The van der Waals surface area contributed by atoms with Gasteiger partial charge in [0.25, 0.3) is 0 Å². The number of fused-ring (bicyclic) bond motifs is 1. The molecule has 0 fully saturated rings. The first kappa shape index (κ1) is 9.78. The van der Waals surface area contributed by atoms with E-state index in [0.29, 0.717) is 6.04 Å². The number of benzene rings is 1. The molecule has 0 bridgehead atoms. The van der Waals surface area contributed by atoms with E-state index in [0.717, 1.165) is 11.4 Å². The highest BCUT2D eigenvalue weighted by Crippen LogP contribution is 2.39. The van der Waals surface area contributed by atoms with Crippen LogP contribution in [0, 0.1) is 0 Å². The van der Waals surface area contributed by atoms with Crippen LogP contribution in [0.4, 0.5) is 5.69 Å². The highest BCUT2D eigenvalue weighted by molar-refractivity contribution is 7.99. The normalized spacial score (nSPS) is 18.4. The molecule has 1 aliphatic rings. The topological polar surface area (TPSA) is 29.9 Å². The second-order valence-electron chi connectivity index (χ2n) is 3.95. The third kappa shape index (κ3) is 1.69. The van der Waals surface area contributed by atoms with Gasteiger partial charge in [0, 0.05) is 23.9 Å². The molecule has 0 spiro atoms. The van der Waals surface area contributed by atoms with Crippen LogP contribution in [0.2, 0.25) is 0 Å². The molecular formula is C12H13N3S. The number of hydrogen-bond acceptors (Lipinski definition) is 3. The van der Waals surface area contributed by atoms with Gasteiger partial charge in [-0.15, -0.1) is 11.8 Å². The number of rotatable bonds is 2. The van der Waals surface area contributed by atoms with Gasteiger partial charge < -0.3 is 5.32 Å². The largest absolute Gasteiger partial charge is 0.375 e. The summed E-state index contributed by atoms with van der Waals surface area (Å²) in [6.45, 7) is 0. The summed E-state index contributed by atoms with van der Waals surface area (Å²) in [5.41, 5.74) is 2.49. The Morgan fingerprint density at radius 2 is 2.31 bits per heavy atom. The first-order valence-corrected chi connectivity index (χ1v) is 6.28. The van der Waals surface area contributed by atoms with Gasteiger partial charge in [-0.05, 0) is 11.6 Å². The second-order valence-corrected chi connectivity index (χ2v) is 5.01. The molecule has 0 saturated carbocycles. The van der Waals surface area contributed by atoms with Gasteiger partial charge in [0.05, 0.1) is 17.9 Å². The number of nitrogens with one attached hydrogen (secondary N) is 1. The molecule has 0 saturated heterocycles. The number of aromatic nitrogens is 2. The summed E-state index contributed by atoms with van der Waals surface area (Å²) in [4.78, 5) is 1.39. The number of thioether (sulfide) groups is 1. The van der Waals surface area contributed by atoms with Crippen molar-refractivity contribution in [2.75, 3.05) is 11.1 Å². The maximum absolute atomic E-state index is 4.16. The molecule has 3 nitrogen and oxygen atoms in total. The van der Waals surface area contributed by atoms with Crippen LogP contribution < -0.4 is 5.32 Å². The van der Waals surface area contributed by atoms with E-state index < -0.39 is 0 Å². The van der Waals surface area contributed by atoms with E-state index in [2.05, 4.69) is 34.7 Å². The molecule has 2 heterocycles. The first-order chi connectivity index (χ1) is 7.83. The van der Waals surface area contributed by atoms with Gasteiger partial charge in [-0.25, -0.2) is 0 Å². The van der Waals surface area contributed by atoms with Crippen molar-refractivity contribution in [2.45, 2.75) is 10.9 Å². The summed E-state index contributed by atoms with van der Waals surface area (Å²) in [6, 6.07) is 8.99. The van der Waals surface area contributed by atoms with Crippen LogP contribution in [0.3, 0.4) is 0 Å². The van der Waals surface area contributed by atoms with Crippen molar-refractivity contribution in [3.05, 3.63) is 42.2 Å². The molecule has 0 radical (unpaired) electrons. The fourth-order valence-electron chi connectivity index (χ4n) is 1.98. The van der Waals surface area contributed by atoms with E-state index in [1.807, 2.05) is 35.9 Å². The van der Waals surface area contributed by atoms with E-state index in [9.17, 15) is 0 Å². The highest BCUT2D eigenvalue weighted by Gasteiger charge is 2.22. The second kappa shape index (κ2) is 3.87. The Morgan fingerprint density at radius 1 is 1.44 bits per heavy atom. The number of anilines is 1. The Balaban J connectivity index is 1.83. The van der Waals surface area contributed by atoms with Gasteiger partial charge in [0.2, 0.25) is 0 Å². The summed E-state index contributed by atoms with van der Waals surface area (Å²) in [6.07, 6.45) is 3.87. The van der Waals surface area contributed by atoms with Crippen LogP contribution in [-0.2, 0) is 7.05 Å². The zero-order valence-electron chi connectivity index (χ0n) is 9.05. The zero-order chi connectivity index (χ0) is 11.0. The van der Waals surface area contributed by atoms with Crippen LogP contribution >= 0.6 is 11.8 Å². The van der Waals surface area contributed by atoms with Gasteiger partial charge in [-0.2, -0.15) is 5.10 Å². The Hall–Kier alpha value is -1.42. The maximum atomic E-state index is 4.16. The standard InChI is InChI=1S/C12H13N3S/c1-15-7-9(6-13-15)14-11-8-16-12-5-3-2-4-10(11)12/h2-7,11,14H,8H2,1H3. The van der Waals surface area contributed by atoms with Crippen molar-refractivity contribution in [1.82, 2.24) is 9.78 Å². The number of hydrogen-bond donors (Lipinski definition) is 1. The van der Waals surface area contributed by atoms with Crippen LogP contribution in [0.25, 0.3) is 0 Å². The Bertz CT molecular complexity index is 506. The summed E-state index contributed by atoms with van der Waals surface area (Å²) in [7, 11) is 1.93. The average molecular weight is 231 g/mol. The van der Waals surface area contributed by atoms with Gasteiger partial charge in [0.15, 0.2) is 0 Å². The Labute approximate surface area is 98.9 Å². The molecule has 82 valence electrons. The maximum Gasteiger partial charge on any atom is 0.0731 e. The first-order valence-electron chi connectivity index (χ1n) is 5.30. The predicted molar refractivity (Wildman–Crippen MR) is 66.7 cm³/mol. The molecule has 4 heteroatoms. The third-order valence-corrected chi connectivity index (χ3v) is 3.93. The lowest BCUT2D eigenvalue weighted by atomic mass is 10.1. The molecule has 3 rings (SSSR count). The monoisotopic (exact) mass is 231 g/mol. The van der Waals surface area contributed by atoms with Crippen molar-refractivity contribution >= 4 is 17.4 Å². The van der Waals surface area contributed by atoms with E-state index in [1.54, 1.807) is 0 Å². The molecule has 1 N–H and O–H groups in total. The fourth-order valence-corrected chi connectivity index (χ4v) is 3.14. The lowest BCUT2D eigenvalue weighted by Crippen LogP contribution is -2.08. The van der Waals surface area contributed by atoms with E-state index in [-0.39, 0.29) is 0 Å². The van der Waals surface area contributed by atoms with Crippen LogP contribution in [-0.4, -0.2) is 15.5 Å². The number of aryl methyl sites for hydroxylation is 1. The molecule has 1 aromatic heterocycles. The highest BCUT2D eigenvalue weighted by atomic mass is 32.2. The fraction of sp³-hybridized carbons (Fsp3) is 0.250. The smallest absolute Gasteiger partial charge is 0.0731 e. The van der Waals surface area contributed by atoms with Crippen molar-refractivity contribution in [3.63, 3.8) is 0 Å². The summed E-state index contributed by atoms with van der Waals surface area (Å²) in [5, 5.41) is 7.68. The summed E-state index contributed by atoms with van der Waals surface area (Å²) in [5.74, 6) is 1.09. The lowest BCUT2D eigenvalue weighted by Gasteiger charge is -2.12. The van der Waals surface area contributed by atoms with Gasteiger partial charge in [-0.3, -0.25) is 4.68 Å². The van der Waals surface area contributed by atoms with E-state index >= 15 is 0 Å². The molecule has 1 unspecified atom stereocenters. The van der Waals surface area contributed by atoms with Gasteiger partial charge in [-0.1, -0.05) is 18.2 Å². The molecule has 1 aromatic carbocycles. The van der Waals surface area contributed by atoms with Gasteiger partial charge >= 0.3 is 0 Å². The number of nitrogens with zero attached hydrogens (tertiary/aromatic N) is 2. The summed E-state index contributed by atoms with van der Waals surface area (Å²) < 4.78 is 1.82. The van der Waals surface area contributed by atoms with Crippen molar-refractivity contribution in [3.8, 4) is 0 Å². The van der Waals surface area contributed by atoms with Crippen LogP contribution in [0.5, 0.6) is 0 Å². The molecule has 2 aromatic rings. The molecule has 16 heavy (non-hydrogen) atoms. The quantitative estimate of drug-likeness (QED) is 0.861. The predicted octanol–water partition coefficient (Wildman–Crippen LogP) is 2.68. The SMILES string of the molecule is Cn1cc(NC2CSc3ccccc32)cn1. The zero-order valence-corrected chi connectivity index (χ0v) is 9.87. The molecule has 0 amide bonds. The van der Waals surface area contributed by atoms with E-state index in [1.165, 1.54) is 10.5 Å². The minimum atomic E-state index is 0.408. The minimum Gasteiger partial charge on any atom is -0.375 e. The Kier molecular flexibility index (Phi) is 2.36. The van der Waals surface area contributed by atoms with Gasteiger partial charge in [0.1, 0.15) is 0 Å².